The SMILES string of the molecule is O=C(NC[C@H]1CCCN1)c1ccccc1C(F)(F)F. The number of hydrogen-bond acceptors (Lipinski definition) is 2. The van der Waals surface area contributed by atoms with Gasteiger partial charge in [-0.15, -0.1) is 0 Å². The van der Waals surface area contributed by atoms with Crippen molar-refractivity contribution in [2.45, 2.75) is 25.1 Å². The quantitative estimate of drug-likeness (QED) is 0.885. The second-order valence-corrected chi connectivity index (χ2v) is 4.55. The lowest BCUT2D eigenvalue weighted by Gasteiger charge is -2.14. The second kappa shape index (κ2) is 5.61. The standard InChI is InChI=1S/C13H15F3N2O/c14-13(15,16)11-6-2-1-5-10(11)12(19)18-8-9-4-3-7-17-9/h1-2,5-6,9,17H,3-4,7-8H2,(H,18,19)/t9-/m1/s1. The molecule has 1 atom stereocenters. The molecule has 0 aromatic heterocycles. The van der Waals surface area contributed by atoms with Crippen molar-refractivity contribution < 1.29 is 18.0 Å². The molecule has 1 amide bonds. The monoisotopic (exact) mass is 272 g/mol. The molecule has 0 aliphatic carbocycles. The van der Waals surface area contributed by atoms with Gasteiger partial charge in [0.1, 0.15) is 0 Å². The average molecular weight is 272 g/mol. The van der Waals surface area contributed by atoms with Crippen LogP contribution in [0.5, 0.6) is 0 Å². The number of carbonyl (C=O) groups excluding carboxylic acids is 1. The Hall–Kier alpha value is -1.56. The molecule has 6 heteroatoms. The predicted octanol–water partition coefficient (Wildman–Crippen LogP) is 2.19. The van der Waals surface area contributed by atoms with E-state index in [2.05, 4.69) is 10.6 Å². The molecule has 1 aromatic rings. The van der Waals surface area contributed by atoms with Gasteiger partial charge in [-0.2, -0.15) is 13.2 Å². The highest BCUT2D eigenvalue weighted by atomic mass is 19.4. The maximum atomic E-state index is 12.8. The maximum absolute atomic E-state index is 12.8. The van der Waals surface area contributed by atoms with Crippen LogP contribution in [0.1, 0.15) is 28.8 Å². The number of halogens is 3. The van der Waals surface area contributed by atoms with Gasteiger partial charge in [-0.3, -0.25) is 4.79 Å². The molecule has 1 aliphatic rings. The number of amides is 1. The Bertz CT molecular complexity index is 453. The van der Waals surface area contributed by atoms with E-state index in [1.165, 1.54) is 18.2 Å². The zero-order valence-electron chi connectivity index (χ0n) is 10.3. The molecule has 1 fully saturated rings. The van der Waals surface area contributed by atoms with Crippen LogP contribution in [0.2, 0.25) is 0 Å². The molecule has 19 heavy (non-hydrogen) atoms. The van der Waals surface area contributed by atoms with Gasteiger partial charge < -0.3 is 10.6 Å². The minimum atomic E-state index is -4.51. The van der Waals surface area contributed by atoms with Gasteiger partial charge in [0.25, 0.3) is 5.91 Å². The first-order chi connectivity index (χ1) is 8.98. The maximum Gasteiger partial charge on any atom is 0.417 e. The predicted molar refractivity (Wildman–Crippen MR) is 64.8 cm³/mol. The smallest absolute Gasteiger partial charge is 0.350 e. The number of rotatable bonds is 3. The van der Waals surface area contributed by atoms with Crippen molar-refractivity contribution in [1.82, 2.24) is 10.6 Å². The molecule has 3 nitrogen and oxygen atoms in total. The number of nitrogens with one attached hydrogen (secondary N) is 2. The summed E-state index contributed by atoms with van der Waals surface area (Å²) in [6, 6.07) is 4.97. The zero-order chi connectivity index (χ0) is 13.9. The van der Waals surface area contributed by atoms with E-state index in [0.717, 1.165) is 25.5 Å². The summed E-state index contributed by atoms with van der Waals surface area (Å²) in [7, 11) is 0. The summed E-state index contributed by atoms with van der Waals surface area (Å²) >= 11 is 0. The van der Waals surface area contributed by atoms with Gasteiger partial charge in [0.05, 0.1) is 11.1 Å². The third-order valence-corrected chi connectivity index (χ3v) is 3.15. The van der Waals surface area contributed by atoms with Crippen LogP contribution >= 0.6 is 0 Å². The van der Waals surface area contributed by atoms with Crippen molar-refractivity contribution in [2.24, 2.45) is 0 Å². The molecule has 1 saturated heterocycles. The van der Waals surface area contributed by atoms with Crippen molar-refractivity contribution in [2.75, 3.05) is 13.1 Å². The number of benzene rings is 1. The molecule has 2 N–H and O–H groups in total. The van der Waals surface area contributed by atoms with Gasteiger partial charge in [0.15, 0.2) is 0 Å². The third kappa shape index (κ3) is 3.47. The average Bonchev–Trinajstić information content (AvgIpc) is 2.88. The second-order valence-electron chi connectivity index (χ2n) is 4.55. The van der Waals surface area contributed by atoms with E-state index < -0.39 is 17.6 Å². The first kappa shape index (κ1) is 13.9. The van der Waals surface area contributed by atoms with Crippen molar-refractivity contribution in [3.05, 3.63) is 35.4 Å². The van der Waals surface area contributed by atoms with E-state index in [4.69, 9.17) is 0 Å². The van der Waals surface area contributed by atoms with Crippen LogP contribution in [-0.2, 0) is 6.18 Å². The number of carbonyl (C=O) groups is 1. The van der Waals surface area contributed by atoms with Gasteiger partial charge in [0.2, 0.25) is 0 Å². The van der Waals surface area contributed by atoms with Crippen molar-refractivity contribution in [3.63, 3.8) is 0 Å². The summed E-state index contributed by atoms with van der Waals surface area (Å²) in [5, 5.41) is 5.72. The summed E-state index contributed by atoms with van der Waals surface area (Å²) in [4.78, 5) is 11.8. The summed E-state index contributed by atoms with van der Waals surface area (Å²) in [6.45, 7) is 1.24. The normalized spacial score (nSPS) is 19.4. The first-order valence-corrected chi connectivity index (χ1v) is 6.16. The summed E-state index contributed by atoms with van der Waals surface area (Å²) in [6.07, 6.45) is -2.56. The largest absolute Gasteiger partial charge is 0.417 e. The van der Waals surface area contributed by atoms with Crippen molar-refractivity contribution >= 4 is 5.91 Å². The summed E-state index contributed by atoms with van der Waals surface area (Å²) < 4.78 is 38.3. The summed E-state index contributed by atoms with van der Waals surface area (Å²) in [5.74, 6) is -0.679. The Morgan fingerprint density at radius 3 is 2.74 bits per heavy atom. The lowest BCUT2D eigenvalue weighted by atomic mass is 10.1. The fourth-order valence-corrected chi connectivity index (χ4v) is 2.17. The van der Waals surface area contributed by atoms with Crippen LogP contribution in [0.25, 0.3) is 0 Å². The van der Waals surface area contributed by atoms with E-state index >= 15 is 0 Å². The molecular formula is C13H15F3N2O. The summed E-state index contributed by atoms with van der Waals surface area (Å²) in [5.41, 5.74) is -1.22. The van der Waals surface area contributed by atoms with Crippen LogP contribution in [-0.4, -0.2) is 25.0 Å². The van der Waals surface area contributed by atoms with Crippen LogP contribution in [0.15, 0.2) is 24.3 Å². The minimum absolute atomic E-state index is 0.155. The van der Waals surface area contributed by atoms with Crippen LogP contribution in [0, 0.1) is 0 Å². The molecule has 1 aliphatic heterocycles. The van der Waals surface area contributed by atoms with Crippen molar-refractivity contribution in [3.8, 4) is 0 Å². The van der Waals surface area contributed by atoms with E-state index in [-0.39, 0.29) is 11.6 Å². The molecule has 104 valence electrons. The van der Waals surface area contributed by atoms with Gasteiger partial charge in [0, 0.05) is 12.6 Å². The molecule has 0 saturated carbocycles. The molecule has 0 bridgehead atoms. The topological polar surface area (TPSA) is 41.1 Å². The van der Waals surface area contributed by atoms with Gasteiger partial charge in [-0.05, 0) is 31.5 Å². The van der Waals surface area contributed by atoms with E-state index in [1.54, 1.807) is 0 Å². The molecule has 0 spiro atoms. The van der Waals surface area contributed by atoms with Crippen LogP contribution in [0.4, 0.5) is 13.2 Å². The van der Waals surface area contributed by atoms with Crippen LogP contribution < -0.4 is 10.6 Å². The molecule has 1 aromatic carbocycles. The Morgan fingerprint density at radius 1 is 1.37 bits per heavy atom. The molecule has 1 heterocycles. The van der Waals surface area contributed by atoms with Gasteiger partial charge in [-0.1, -0.05) is 12.1 Å². The Labute approximate surface area is 109 Å². The molecule has 0 unspecified atom stereocenters. The first-order valence-electron chi connectivity index (χ1n) is 6.16. The minimum Gasteiger partial charge on any atom is -0.350 e. The van der Waals surface area contributed by atoms with E-state index in [1.807, 2.05) is 0 Å². The lowest BCUT2D eigenvalue weighted by Crippen LogP contribution is -2.37. The Kier molecular flexibility index (Phi) is 4.09. The highest BCUT2D eigenvalue weighted by Gasteiger charge is 2.34. The zero-order valence-corrected chi connectivity index (χ0v) is 10.3. The molecule has 0 radical (unpaired) electrons. The van der Waals surface area contributed by atoms with Gasteiger partial charge >= 0.3 is 6.18 Å². The highest BCUT2D eigenvalue weighted by molar-refractivity contribution is 5.95. The Balaban J connectivity index is 2.06. The number of alkyl halides is 3. The van der Waals surface area contributed by atoms with Gasteiger partial charge in [-0.25, -0.2) is 0 Å². The lowest BCUT2D eigenvalue weighted by molar-refractivity contribution is -0.137. The van der Waals surface area contributed by atoms with E-state index in [9.17, 15) is 18.0 Å². The molecule has 2 rings (SSSR count). The fourth-order valence-electron chi connectivity index (χ4n) is 2.17. The van der Waals surface area contributed by atoms with Crippen molar-refractivity contribution in [1.29, 1.82) is 0 Å². The fraction of sp³-hybridized carbons (Fsp3) is 0.462. The third-order valence-electron chi connectivity index (χ3n) is 3.15. The van der Waals surface area contributed by atoms with Crippen LogP contribution in [0.3, 0.4) is 0 Å². The highest BCUT2D eigenvalue weighted by Crippen LogP contribution is 2.31. The van der Waals surface area contributed by atoms with E-state index in [0.29, 0.717) is 6.54 Å². The number of hydrogen-bond donors (Lipinski definition) is 2. The Morgan fingerprint density at radius 2 is 2.11 bits per heavy atom. The molecular weight excluding hydrogens is 257 g/mol.